The molecule has 0 aliphatic carbocycles. The van der Waals surface area contributed by atoms with Crippen molar-refractivity contribution in [2.24, 2.45) is 0 Å². The van der Waals surface area contributed by atoms with Gasteiger partial charge in [0.25, 0.3) is 10.1 Å². The Labute approximate surface area is 85.9 Å². The molecule has 90 valence electrons. The lowest BCUT2D eigenvalue weighted by atomic mass is 9.96. The zero-order valence-corrected chi connectivity index (χ0v) is 8.37. The molecule has 0 spiro atoms. The summed E-state index contributed by atoms with van der Waals surface area (Å²) >= 11 is 0. The van der Waals surface area contributed by atoms with E-state index in [2.05, 4.69) is 5.32 Å². The number of aliphatic hydroxyl groups excluding tert-OH is 4. The first-order chi connectivity index (χ1) is 6.79. The summed E-state index contributed by atoms with van der Waals surface area (Å²) in [7, 11) is -4.62. The number of hydrogen-bond acceptors (Lipinski definition) is 7. The second kappa shape index (κ2) is 4.29. The summed E-state index contributed by atoms with van der Waals surface area (Å²) in [5.74, 6) is 0. The molecule has 0 aromatic heterocycles. The fraction of sp³-hybridized carbons (Fsp3) is 1.00. The zero-order chi connectivity index (χ0) is 11.8. The van der Waals surface area contributed by atoms with Gasteiger partial charge in [0.15, 0.2) is 5.37 Å². The lowest BCUT2D eigenvalue weighted by Gasteiger charge is -2.39. The third-order valence-electron chi connectivity index (χ3n) is 2.32. The predicted octanol–water partition coefficient (Wildman–Crippen LogP) is -3.75. The van der Waals surface area contributed by atoms with Crippen molar-refractivity contribution >= 4 is 10.1 Å². The van der Waals surface area contributed by atoms with Gasteiger partial charge in [0.1, 0.15) is 18.3 Å². The standard InChI is InChI=1S/C6H13NO7S/c8-1-2-3(9)4(10)5(11)6(7-2)15(12,13)14/h2-11H,1H2,(H,12,13,14). The quantitative estimate of drug-likeness (QED) is 0.271. The fourth-order valence-corrected chi connectivity index (χ4v) is 2.31. The van der Waals surface area contributed by atoms with Crippen LogP contribution in [0.2, 0.25) is 0 Å². The smallest absolute Gasteiger partial charge is 0.283 e. The molecule has 1 fully saturated rings. The molecule has 5 unspecified atom stereocenters. The maximum atomic E-state index is 10.8. The van der Waals surface area contributed by atoms with E-state index in [1.807, 2.05) is 0 Å². The summed E-state index contributed by atoms with van der Waals surface area (Å²) in [6.07, 6.45) is -5.13. The van der Waals surface area contributed by atoms with E-state index in [1.165, 1.54) is 0 Å². The van der Waals surface area contributed by atoms with Crippen molar-refractivity contribution in [3.8, 4) is 0 Å². The fourth-order valence-electron chi connectivity index (χ4n) is 1.45. The summed E-state index contributed by atoms with van der Waals surface area (Å²) in [5, 5.41) is 36.9. The summed E-state index contributed by atoms with van der Waals surface area (Å²) < 4.78 is 30.2. The highest BCUT2D eigenvalue weighted by molar-refractivity contribution is 7.86. The van der Waals surface area contributed by atoms with Crippen molar-refractivity contribution in [1.82, 2.24) is 5.32 Å². The molecular formula is C6H13NO7S. The van der Waals surface area contributed by atoms with E-state index in [1.54, 1.807) is 0 Å². The minimum Gasteiger partial charge on any atom is -0.395 e. The lowest BCUT2D eigenvalue weighted by molar-refractivity contribution is -0.108. The molecule has 0 bridgehead atoms. The first-order valence-corrected chi connectivity index (χ1v) is 5.66. The number of piperidine rings is 1. The van der Waals surface area contributed by atoms with E-state index in [9.17, 15) is 23.7 Å². The first kappa shape index (κ1) is 12.8. The SMILES string of the molecule is O=S(=O)(O)C1NC(CO)C(O)C(O)C1O. The van der Waals surface area contributed by atoms with Gasteiger partial charge in [0.2, 0.25) is 0 Å². The molecule has 6 N–H and O–H groups in total. The maximum Gasteiger partial charge on any atom is 0.283 e. The van der Waals surface area contributed by atoms with Gasteiger partial charge in [-0.3, -0.25) is 9.87 Å². The number of rotatable bonds is 2. The topological polar surface area (TPSA) is 147 Å². The van der Waals surface area contributed by atoms with Crippen LogP contribution >= 0.6 is 0 Å². The van der Waals surface area contributed by atoms with E-state index in [4.69, 9.17) is 9.66 Å². The Morgan fingerprint density at radius 3 is 2.00 bits per heavy atom. The highest BCUT2D eigenvalue weighted by Crippen LogP contribution is 2.18. The van der Waals surface area contributed by atoms with Crippen LogP contribution in [-0.2, 0) is 10.1 Å². The molecule has 0 radical (unpaired) electrons. The molecule has 8 nitrogen and oxygen atoms in total. The summed E-state index contributed by atoms with van der Waals surface area (Å²) in [6, 6.07) is -1.13. The summed E-state index contributed by atoms with van der Waals surface area (Å²) in [4.78, 5) is 0. The van der Waals surface area contributed by atoms with Gasteiger partial charge >= 0.3 is 0 Å². The van der Waals surface area contributed by atoms with Crippen LogP contribution in [0.25, 0.3) is 0 Å². The lowest BCUT2D eigenvalue weighted by Crippen LogP contribution is -2.67. The molecule has 15 heavy (non-hydrogen) atoms. The van der Waals surface area contributed by atoms with Crippen LogP contribution < -0.4 is 5.32 Å². The Morgan fingerprint density at radius 1 is 1.07 bits per heavy atom. The van der Waals surface area contributed by atoms with Crippen LogP contribution in [0.5, 0.6) is 0 Å². The molecule has 1 aliphatic heterocycles. The molecule has 0 amide bonds. The molecule has 0 saturated carbocycles. The van der Waals surface area contributed by atoms with Crippen LogP contribution in [-0.4, -0.2) is 69.7 Å². The van der Waals surface area contributed by atoms with E-state index in [0.29, 0.717) is 0 Å². The molecule has 5 atom stereocenters. The van der Waals surface area contributed by atoms with Gasteiger partial charge in [0.05, 0.1) is 12.6 Å². The van der Waals surface area contributed by atoms with Crippen LogP contribution in [0.15, 0.2) is 0 Å². The highest BCUT2D eigenvalue weighted by Gasteiger charge is 2.47. The minimum atomic E-state index is -4.62. The Bertz CT molecular complexity index is 315. The third-order valence-corrected chi connectivity index (χ3v) is 3.37. The normalized spacial score (nSPS) is 42.9. The Hall–Kier alpha value is -0.290. The van der Waals surface area contributed by atoms with Crippen molar-refractivity contribution < 1.29 is 33.4 Å². The minimum absolute atomic E-state index is 0.642. The second-order valence-electron chi connectivity index (χ2n) is 3.36. The van der Waals surface area contributed by atoms with Gasteiger partial charge in [0, 0.05) is 0 Å². The number of hydrogen-bond donors (Lipinski definition) is 6. The molecular weight excluding hydrogens is 230 g/mol. The van der Waals surface area contributed by atoms with Crippen LogP contribution in [0.3, 0.4) is 0 Å². The Balaban J connectivity index is 2.93. The molecule has 0 aromatic rings. The van der Waals surface area contributed by atoms with Gasteiger partial charge in [-0.25, -0.2) is 0 Å². The predicted molar refractivity (Wildman–Crippen MR) is 47.4 cm³/mol. The monoisotopic (exact) mass is 243 g/mol. The van der Waals surface area contributed by atoms with Crippen molar-refractivity contribution in [3.05, 3.63) is 0 Å². The van der Waals surface area contributed by atoms with Gasteiger partial charge in [-0.05, 0) is 0 Å². The average Bonchev–Trinajstić information content (AvgIpc) is 2.13. The van der Waals surface area contributed by atoms with Crippen molar-refractivity contribution in [2.45, 2.75) is 29.7 Å². The number of aliphatic hydroxyl groups is 4. The van der Waals surface area contributed by atoms with Crippen LogP contribution in [0, 0.1) is 0 Å². The van der Waals surface area contributed by atoms with Gasteiger partial charge in [-0.1, -0.05) is 0 Å². The molecule has 1 aliphatic rings. The molecule has 1 saturated heterocycles. The number of nitrogens with one attached hydrogen (secondary N) is 1. The second-order valence-corrected chi connectivity index (χ2v) is 4.90. The highest BCUT2D eigenvalue weighted by atomic mass is 32.2. The van der Waals surface area contributed by atoms with Crippen LogP contribution in [0.1, 0.15) is 0 Å². The van der Waals surface area contributed by atoms with Gasteiger partial charge in [-0.2, -0.15) is 8.42 Å². The van der Waals surface area contributed by atoms with Gasteiger partial charge < -0.3 is 20.4 Å². The van der Waals surface area contributed by atoms with E-state index >= 15 is 0 Å². The largest absolute Gasteiger partial charge is 0.395 e. The molecule has 0 aromatic carbocycles. The summed E-state index contributed by atoms with van der Waals surface area (Å²) in [6.45, 7) is -0.642. The molecule has 1 heterocycles. The van der Waals surface area contributed by atoms with E-state index in [0.717, 1.165) is 0 Å². The van der Waals surface area contributed by atoms with Crippen molar-refractivity contribution in [2.75, 3.05) is 6.61 Å². The molecule has 9 heteroatoms. The molecule has 1 rings (SSSR count). The Kier molecular flexibility index (Phi) is 3.66. The van der Waals surface area contributed by atoms with Crippen molar-refractivity contribution in [3.63, 3.8) is 0 Å². The van der Waals surface area contributed by atoms with E-state index < -0.39 is 46.5 Å². The first-order valence-electron chi connectivity index (χ1n) is 4.16. The van der Waals surface area contributed by atoms with Crippen LogP contribution in [0.4, 0.5) is 0 Å². The summed E-state index contributed by atoms with van der Waals surface area (Å²) in [5.41, 5.74) is 0. The van der Waals surface area contributed by atoms with Crippen molar-refractivity contribution in [1.29, 1.82) is 0 Å². The van der Waals surface area contributed by atoms with E-state index in [-0.39, 0.29) is 0 Å². The van der Waals surface area contributed by atoms with Gasteiger partial charge in [-0.15, -0.1) is 0 Å². The maximum absolute atomic E-state index is 10.8. The zero-order valence-electron chi connectivity index (χ0n) is 7.55. The average molecular weight is 243 g/mol. The Morgan fingerprint density at radius 2 is 1.60 bits per heavy atom. The third kappa shape index (κ3) is 2.45.